The Bertz CT molecular complexity index is 1350. The summed E-state index contributed by atoms with van der Waals surface area (Å²) in [6.45, 7) is 1.52. The zero-order valence-corrected chi connectivity index (χ0v) is 19.9. The minimum atomic E-state index is -4.76. The lowest BCUT2D eigenvalue weighted by atomic mass is 10.3. The van der Waals surface area contributed by atoms with E-state index in [1.807, 2.05) is 0 Å². The summed E-state index contributed by atoms with van der Waals surface area (Å²) in [6.07, 6.45) is -8.31. The van der Waals surface area contributed by atoms with E-state index in [4.69, 9.17) is 4.18 Å². The summed E-state index contributed by atoms with van der Waals surface area (Å²) in [5.41, 5.74) is -2.83. The summed E-state index contributed by atoms with van der Waals surface area (Å²) >= 11 is 0. The van der Waals surface area contributed by atoms with Crippen LogP contribution in [0.5, 0.6) is 0 Å². The van der Waals surface area contributed by atoms with E-state index in [1.54, 1.807) is 6.92 Å². The van der Waals surface area contributed by atoms with Gasteiger partial charge in [0, 0.05) is 18.4 Å². The molecule has 1 atom stereocenters. The quantitative estimate of drug-likeness (QED) is 0.293. The molecule has 0 spiro atoms. The van der Waals surface area contributed by atoms with Crippen LogP contribution in [0.4, 0.5) is 43.9 Å². The van der Waals surface area contributed by atoms with E-state index in [1.165, 1.54) is 12.1 Å². The molecule has 3 rings (SSSR count). The van der Waals surface area contributed by atoms with Crippen molar-refractivity contribution in [3.05, 3.63) is 47.9 Å². The Balaban J connectivity index is 1.99. The molecular formula is C20H19F6N7O3S. The molecule has 2 N–H and O–H groups in total. The highest BCUT2D eigenvalue weighted by Crippen LogP contribution is 2.31. The molecule has 0 aliphatic rings. The molecule has 3 aromatic heterocycles. The number of pyridine rings is 2. The maximum atomic E-state index is 13.1. The SMILES string of the molecule is CCC(CNc1nc(Nc2ccnc(C(F)(F)F)c2)nc(-c2cccc(C(F)(F)F)n2)n1)OS(C)(=O)=O. The zero-order chi connectivity index (χ0) is 27.4. The Morgan fingerprint density at radius 1 is 0.946 bits per heavy atom. The number of alkyl halides is 6. The third-order valence-electron chi connectivity index (χ3n) is 4.46. The van der Waals surface area contributed by atoms with E-state index in [0.29, 0.717) is 6.07 Å². The van der Waals surface area contributed by atoms with E-state index in [2.05, 4.69) is 35.6 Å². The second-order valence-electron chi connectivity index (χ2n) is 7.48. The Labute approximate surface area is 206 Å². The second kappa shape index (κ2) is 10.8. The fraction of sp³-hybridized carbons (Fsp3) is 0.350. The second-order valence-corrected chi connectivity index (χ2v) is 9.08. The molecular weight excluding hydrogens is 532 g/mol. The Morgan fingerprint density at radius 3 is 2.24 bits per heavy atom. The van der Waals surface area contributed by atoms with Crippen molar-refractivity contribution in [2.75, 3.05) is 23.4 Å². The number of rotatable bonds is 9. The average molecular weight is 551 g/mol. The summed E-state index contributed by atoms with van der Waals surface area (Å²) in [7, 11) is -3.79. The Hall–Kier alpha value is -3.60. The number of aromatic nitrogens is 5. The zero-order valence-electron chi connectivity index (χ0n) is 19.1. The maximum absolute atomic E-state index is 13.1. The fourth-order valence-electron chi connectivity index (χ4n) is 2.83. The Kier molecular flexibility index (Phi) is 8.16. The first-order valence-corrected chi connectivity index (χ1v) is 12.2. The van der Waals surface area contributed by atoms with Gasteiger partial charge >= 0.3 is 12.4 Å². The normalized spacial score (nSPS) is 13.3. The van der Waals surface area contributed by atoms with Crippen LogP contribution < -0.4 is 10.6 Å². The molecule has 37 heavy (non-hydrogen) atoms. The van der Waals surface area contributed by atoms with E-state index in [-0.39, 0.29) is 42.1 Å². The van der Waals surface area contributed by atoms with Crippen LogP contribution in [0.25, 0.3) is 11.5 Å². The topological polar surface area (TPSA) is 132 Å². The summed E-state index contributed by atoms with van der Waals surface area (Å²) < 4.78 is 106. The number of hydrogen-bond acceptors (Lipinski definition) is 10. The van der Waals surface area contributed by atoms with Gasteiger partial charge in [-0.3, -0.25) is 9.17 Å². The van der Waals surface area contributed by atoms with Crippen molar-refractivity contribution in [3.8, 4) is 11.5 Å². The van der Waals surface area contributed by atoms with Crippen LogP contribution in [-0.2, 0) is 26.7 Å². The van der Waals surface area contributed by atoms with Crippen LogP contribution >= 0.6 is 0 Å². The van der Waals surface area contributed by atoms with E-state index < -0.39 is 40.0 Å². The molecule has 3 aromatic rings. The minimum absolute atomic E-state index is 0.116. The summed E-state index contributed by atoms with van der Waals surface area (Å²) in [6, 6.07) is 4.91. The van der Waals surface area contributed by atoms with Crippen LogP contribution in [0, 0.1) is 0 Å². The first-order chi connectivity index (χ1) is 17.1. The molecule has 1 unspecified atom stereocenters. The van der Waals surface area contributed by atoms with Gasteiger partial charge in [-0.15, -0.1) is 0 Å². The Morgan fingerprint density at radius 2 is 1.62 bits per heavy atom. The molecule has 0 saturated carbocycles. The summed E-state index contributed by atoms with van der Waals surface area (Å²) in [5.74, 6) is -0.899. The summed E-state index contributed by atoms with van der Waals surface area (Å²) in [5, 5.41) is 5.23. The van der Waals surface area contributed by atoms with Gasteiger partial charge in [-0.05, 0) is 30.7 Å². The van der Waals surface area contributed by atoms with Crippen molar-refractivity contribution in [1.29, 1.82) is 0 Å². The number of nitrogens with zero attached hydrogens (tertiary/aromatic N) is 5. The van der Waals surface area contributed by atoms with E-state index in [9.17, 15) is 34.8 Å². The van der Waals surface area contributed by atoms with Crippen molar-refractivity contribution >= 4 is 27.7 Å². The lowest BCUT2D eigenvalue weighted by molar-refractivity contribution is -0.141. The van der Waals surface area contributed by atoms with Crippen molar-refractivity contribution in [3.63, 3.8) is 0 Å². The number of hydrogen-bond donors (Lipinski definition) is 2. The minimum Gasteiger partial charge on any atom is -0.351 e. The molecule has 3 heterocycles. The first-order valence-electron chi connectivity index (χ1n) is 10.4. The molecule has 0 fully saturated rings. The number of nitrogens with one attached hydrogen (secondary N) is 2. The van der Waals surface area contributed by atoms with Gasteiger partial charge in [0.1, 0.15) is 17.1 Å². The highest BCUT2D eigenvalue weighted by Gasteiger charge is 2.33. The molecule has 0 aliphatic carbocycles. The highest BCUT2D eigenvalue weighted by molar-refractivity contribution is 7.86. The van der Waals surface area contributed by atoms with Gasteiger partial charge in [0.15, 0.2) is 5.82 Å². The molecule has 0 bridgehead atoms. The van der Waals surface area contributed by atoms with Gasteiger partial charge in [0.05, 0.1) is 12.4 Å². The van der Waals surface area contributed by atoms with E-state index in [0.717, 1.165) is 24.6 Å². The fourth-order valence-corrected chi connectivity index (χ4v) is 3.53. The van der Waals surface area contributed by atoms with Crippen molar-refractivity contribution in [1.82, 2.24) is 24.9 Å². The predicted octanol–water partition coefficient (Wildman–Crippen LogP) is 4.28. The lowest BCUT2D eigenvalue weighted by Crippen LogP contribution is -2.26. The molecule has 200 valence electrons. The molecule has 0 aromatic carbocycles. The third-order valence-corrected chi connectivity index (χ3v) is 5.09. The van der Waals surface area contributed by atoms with Crippen LogP contribution in [0.2, 0.25) is 0 Å². The van der Waals surface area contributed by atoms with Crippen molar-refractivity contribution < 1.29 is 38.9 Å². The van der Waals surface area contributed by atoms with Crippen LogP contribution in [-0.4, -0.2) is 52.2 Å². The lowest BCUT2D eigenvalue weighted by Gasteiger charge is -2.16. The summed E-state index contributed by atoms with van der Waals surface area (Å²) in [4.78, 5) is 18.8. The largest absolute Gasteiger partial charge is 0.433 e. The van der Waals surface area contributed by atoms with Crippen LogP contribution in [0.3, 0.4) is 0 Å². The average Bonchev–Trinajstić information content (AvgIpc) is 2.80. The highest BCUT2D eigenvalue weighted by atomic mass is 32.2. The maximum Gasteiger partial charge on any atom is 0.433 e. The van der Waals surface area contributed by atoms with E-state index >= 15 is 0 Å². The number of halogens is 6. The standard InChI is InChI=1S/C20H19F6N7O3S/c1-3-12(36-37(2,34)35)10-28-17-31-16(13-5-4-6-14(30-13)19(21,22)23)32-18(33-17)29-11-7-8-27-15(9-11)20(24,25)26/h4-9,12H,3,10H2,1-2H3,(H2,27,28,29,31,32,33). The molecule has 0 saturated heterocycles. The van der Waals surface area contributed by atoms with Gasteiger partial charge in [-0.2, -0.15) is 49.7 Å². The molecule has 17 heteroatoms. The van der Waals surface area contributed by atoms with Gasteiger partial charge in [0.2, 0.25) is 11.9 Å². The van der Waals surface area contributed by atoms with Gasteiger partial charge in [-0.25, -0.2) is 4.98 Å². The predicted molar refractivity (Wildman–Crippen MR) is 119 cm³/mol. The molecule has 0 amide bonds. The molecule has 0 radical (unpaired) electrons. The van der Waals surface area contributed by atoms with Gasteiger partial charge < -0.3 is 10.6 Å². The smallest absolute Gasteiger partial charge is 0.351 e. The van der Waals surface area contributed by atoms with Gasteiger partial charge in [0.25, 0.3) is 10.1 Å². The van der Waals surface area contributed by atoms with Crippen molar-refractivity contribution in [2.45, 2.75) is 31.8 Å². The third kappa shape index (κ3) is 8.21. The van der Waals surface area contributed by atoms with Crippen LogP contribution in [0.15, 0.2) is 36.5 Å². The molecule has 10 nitrogen and oxygen atoms in total. The monoisotopic (exact) mass is 551 g/mol. The van der Waals surface area contributed by atoms with Crippen LogP contribution in [0.1, 0.15) is 24.7 Å². The first kappa shape index (κ1) is 28.0. The van der Waals surface area contributed by atoms with Gasteiger partial charge in [-0.1, -0.05) is 13.0 Å². The molecule has 0 aliphatic heterocycles. The number of anilines is 3. The van der Waals surface area contributed by atoms with Crippen molar-refractivity contribution in [2.24, 2.45) is 0 Å².